The van der Waals surface area contributed by atoms with Crippen molar-refractivity contribution in [2.75, 3.05) is 0 Å². The third-order valence-electron chi connectivity index (χ3n) is 4.95. The summed E-state index contributed by atoms with van der Waals surface area (Å²) in [5.74, 6) is 6.05. The number of Topliss-reactive ketones (excluding diaryl/α,β-unsaturated/α-hetero) is 1. The Hall–Kier alpha value is -0.330. The molecule has 0 atom stereocenters. The van der Waals surface area contributed by atoms with Crippen LogP contribution in [0.2, 0.25) is 0 Å². The molecule has 1 heteroatoms. The molecule has 30 heavy (non-hydrogen) atoms. The first-order valence-electron chi connectivity index (χ1n) is 13.2. The molecule has 0 heterocycles. The van der Waals surface area contributed by atoms with E-state index in [1.165, 1.54) is 32.1 Å². The minimum absolute atomic E-state index is 0.425. The first-order valence-corrected chi connectivity index (χ1v) is 13.2. The maximum absolute atomic E-state index is 11.2. The Morgan fingerprint density at radius 1 is 0.500 bits per heavy atom. The highest BCUT2D eigenvalue weighted by Gasteiger charge is 2.06. The van der Waals surface area contributed by atoms with Gasteiger partial charge in [-0.1, -0.05) is 109 Å². The summed E-state index contributed by atoms with van der Waals surface area (Å²) >= 11 is 0. The Kier molecular flexibility index (Phi) is 25.0. The number of carbonyl (C=O) groups is 1. The Morgan fingerprint density at radius 3 is 1.13 bits per heavy atom. The molecule has 0 radical (unpaired) electrons. The smallest absolute Gasteiger partial charge is 0.133 e. The minimum atomic E-state index is 0.425. The van der Waals surface area contributed by atoms with Crippen LogP contribution in [0.15, 0.2) is 0 Å². The summed E-state index contributed by atoms with van der Waals surface area (Å²) < 4.78 is 0. The Labute approximate surface area is 193 Å². The van der Waals surface area contributed by atoms with E-state index >= 15 is 0 Å². The molecule has 0 spiro atoms. The molecule has 0 aromatic carbocycles. The second-order valence-corrected chi connectivity index (χ2v) is 12.2. The van der Waals surface area contributed by atoms with E-state index in [2.05, 4.69) is 90.0 Å². The molecule has 0 aliphatic rings. The molecule has 0 aliphatic heterocycles. The zero-order chi connectivity index (χ0) is 24.3. The molecule has 0 saturated heterocycles. The number of hydrogen-bond acceptors (Lipinski definition) is 1. The van der Waals surface area contributed by atoms with Crippen molar-refractivity contribution in [1.29, 1.82) is 0 Å². The van der Waals surface area contributed by atoms with Crippen molar-refractivity contribution >= 4 is 5.78 Å². The third-order valence-corrected chi connectivity index (χ3v) is 4.95. The second kappa shape index (κ2) is 21.9. The fourth-order valence-electron chi connectivity index (χ4n) is 3.65. The van der Waals surface area contributed by atoms with Crippen molar-refractivity contribution in [3.63, 3.8) is 0 Å². The van der Waals surface area contributed by atoms with Gasteiger partial charge in [0, 0.05) is 12.8 Å². The van der Waals surface area contributed by atoms with E-state index in [0.29, 0.717) is 17.6 Å². The van der Waals surface area contributed by atoms with Crippen LogP contribution in [0.4, 0.5) is 0 Å². The molecule has 0 saturated carbocycles. The Bertz CT molecular complexity index is 331. The lowest BCUT2D eigenvalue weighted by Crippen LogP contribution is -2.03. The van der Waals surface area contributed by atoms with Crippen LogP contribution >= 0.6 is 0 Å². The number of rotatable bonds is 13. The predicted octanol–water partition coefficient (Wildman–Crippen LogP) is 10.2. The Balaban J connectivity index is -0.000000366. The molecule has 0 amide bonds. The summed E-state index contributed by atoms with van der Waals surface area (Å²) in [4.78, 5) is 11.2. The van der Waals surface area contributed by atoms with Crippen molar-refractivity contribution in [3.05, 3.63) is 0 Å². The molecular formula is C29H62O. The van der Waals surface area contributed by atoms with Gasteiger partial charge in [-0.3, -0.25) is 4.79 Å². The van der Waals surface area contributed by atoms with E-state index in [1.54, 1.807) is 0 Å². The summed E-state index contributed by atoms with van der Waals surface area (Å²) in [6.45, 7) is 29.2. The lowest BCUT2D eigenvalue weighted by Gasteiger charge is -2.15. The maximum Gasteiger partial charge on any atom is 0.133 e. The van der Waals surface area contributed by atoms with Crippen molar-refractivity contribution in [2.24, 2.45) is 41.4 Å². The van der Waals surface area contributed by atoms with Crippen molar-refractivity contribution in [1.82, 2.24) is 0 Å². The first kappa shape index (κ1) is 34.3. The Morgan fingerprint density at radius 2 is 0.867 bits per heavy atom. The monoisotopic (exact) mass is 426 g/mol. The van der Waals surface area contributed by atoms with Crippen LogP contribution in [0, 0.1) is 41.4 Å². The average Bonchev–Trinajstić information content (AvgIpc) is 2.51. The van der Waals surface area contributed by atoms with E-state index in [4.69, 9.17) is 0 Å². The SMILES string of the molecule is CC(C)CC(C)CC(C)C.CC(C)CCC(=O)CC(C)C.CC(C)CCCC(C)C. The molecule has 184 valence electrons. The van der Waals surface area contributed by atoms with Crippen LogP contribution in [0.3, 0.4) is 0 Å². The molecule has 0 unspecified atom stereocenters. The van der Waals surface area contributed by atoms with Crippen LogP contribution < -0.4 is 0 Å². The van der Waals surface area contributed by atoms with Crippen LogP contribution in [-0.2, 0) is 4.79 Å². The maximum atomic E-state index is 11.2. The van der Waals surface area contributed by atoms with Crippen LogP contribution in [0.25, 0.3) is 0 Å². The molecule has 0 fully saturated rings. The third kappa shape index (κ3) is 38.3. The van der Waals surface area contributed by atoms with Crippen LogP contribution in [0.1, 0.15) is 141 Å². The van der Waals surface area contributed by atoms with Crippen molar-refractivity contribution < 1.29 is 4.79 Å². The van der Waals surface area contributed by atoms with E-state index < -0.39 is 0 Å². The quantitative estimate of drug-likeness (QED) is 0.286. The standard InChI is InChI=1S/C10H20O.C10H22.C9H20/c1-8(2)5-6-10(11)7-9(3)4;1-8(2)6-10(5)7-9(3)4;1-8(2)6-5-7-9(3)4/h8-9H,5-7H2,1-4H3;8-10H,6-7H2,1-5H3;8-9H,5-7H2,1-4H3. The zero-order valence-corrected chi connectivity index (χ0v) is 23.6. The average molecular weight is 427 g/mol. The largest absolute Gasteiger partial charge is 0.300 e. The van der Waals surface area contributed by atoms with E-state index in [0.717, 1.165) is 48.9 Å². The summed E-state index contributed by atoms with van der Waals surface area (Å²) in [6, 6.07) is 0. The van der Waals surface area contributed by atoms with Crippen molar-refractivity contribution in [2.45, 2.75) is 141 Å². The summed E-state index contributed by atoms with van der Waals surface area (Å²) in [5, 5.41) is 0. The molecule has 0 N–H and O–H groups in total. The van der Waals surface area contributed by atoms with E-state index in [9.17, 15) is 4.79 Å². The molecule has 0 rings (SSSR count). The highest BCUT2D eigenvalue weighted by atomic mass is 16.1. The molecule has 1 nitrogen and oxygen atoms in total. The van der Waals surface area contributed by atoms with Crippen molar-refractivity contribution in [3.8, 4) is 0 Å². The molecule has 0 bridgehead atoms. The van der Waals surface area contributed by atoms with Gasteiger partial charge < -0.3 is 0 Å². The highest BCUT2D eigenvalue weighted by molar-refractivity contribution is 5.78. The van der Waals surface area contributed by atoms with Gasteiger partial charge in [-0.15, -0.1) is 0 Å². The molecular weight excluding hydrogens is 364 g/mol. The van der Waals surface area contributed by atoms with Gasteiger partial charge in [0.2, 0.25) is 0 Å². The first-order chi connectivity index (χ1) is 13.7. The fraction of sp³-hybridized carbons (Fsp3) is 0.966. The topological polar surface area (TPSA) is 17.1 Å². The molecule has 0 aromatic rings. The lowest BCUT2D eigenvalue weighted by molar-refractivity contribution is -0.120. The molecule has 0 aliphatic carbocycles. The molecule has 0 aromatic heterocycles. The van der Waals surface area contributed by atoms with E-state index in [-0.39, 0.29) is 0 Å². The van der Waals surface area contributed by atoms with Crippen LogP contribution in [0.5, 0.6) is 0 Å². The summed E-state index contributed by atoms with van der Waals surface area (Å²) in [6.07, 6.45) is 9.57. The number of hydrogen-bond donors (Lipinski definition) is 0. The summed E-state index contributed by atoms with van der Waals surface area (Å²) in [7, 11) is 0. The van der Waals surface area contributed by atoms with Gasteiger partial charge in [-0.05, 0) is 60.7 Å². The fourth-order valence-corrected chi connectivity index (χ4v) is 3.65. The van der Waals surface area contributed by atoms with Gasteiger partial charge in [0.1, 0.15) is 5.78 Å². The highest BCUT2D eigenvalue weighted by Crippen LogP contribution is 2.18. The summed E-state index contributed by atoms with van der Waals surface area (Å²) in [5.41, 5.74) is 0. The predicted molar refractivity (Wildman–Crippen MR) is 140 cm³/mol. The van der Waals surface area contributed by atoms with Crippen LogP contribution in [-0.4, -0.2) is 5.78 Å². The number of ketones is 1. The lowest BCUT2D eigenvalue weighted by atomic mass is 9.91. The van der Waals surface area contributed by atoms with Gasteiger partial charge in [0.15, 0.2) is 0 Å². The van der Waals surface area contributed by atoms with Gasteiger partial charge in [-0.25, -0.2) is 0 Å². The zero-order valence-electron chi connectivity index (χ0n) is 23.6. The second-order valence-electron chi connectivity index (χ2n) is 12.2. The minimum Gasteiger partial charge on any atom is -0.300 e. The van der Waals surface area contributed by atoms with Gasteiger partial charge >= 0.3 is 0 Å². The van der Waals surface area contributed by atoms with Gasteiger partial charge in [-0.2, -0.15) is 0 Å². The van der Waals surface area contributed by atoms with E-state index in [1.807, 2.05) is 0 Å². The van der Waals surface area contributed by atoms with Gasteiger partial charge in [0.05, 0.1) is 0 Å². The number of carbonyl (C=O) groups excluding carboxylic acids is 1. The normalized spacial score (nSPS) is 11.5. The van der Waals surface area contributed by atoms with Gasteiger partial charge in [0.25, 0.3) is 0 Å².